The number of carboxylic acids is 1. The van der Waals surface area contributed by atoms with Crippen molar-refractivity contribution in [3.63, 3.8) is 0 Å². The van der Waals surface area contributed by atoms with Gasteiger partial charge in [0.1, 0.15) is 0 Å². The second kappa shape index (κ2) is 5.87. The van der Waals surface area contributed by atoms with E-state index in [1.54, 1.807) is 6.92 Å². The first-order valence-corrected chi connectivity index (χ1v) is 6.28. The second-order valence-electron chi connectivity index (χ2n) is 4.95. The maximum atomic E-state index is 11.9. The molecule has 1 atom stereocenters. The van der Waals surface area contributed by atoms with Crippen molar-refractivity contribution < 1.29 is 19.4 Å². The molecule has 104 valence electrons. The molecule has 1 aromatic rings. The fraction of sp³-hybridized carbons (Fsp3) is 0.467. The number of ether oxygens (including phenoxy) is 1. The van der Waals surface area contributed by atoms with Crippen LogP contribution in [0.3, 0.4) is 0 Å². The predicted molar refractivity (Wildman–Crippen MR) is 72.0 cm³/mol. The molecule has 0 amide bonds. The van der Waals surface area contributed by atoms with Gasteiger partial charge in [0.2, 0.25) is 0 Å². The Hall–Kier alpha value is -1.84. The summed E-state index contributed by atoms with van der Waals surface area (Å²) in [6, 6.07) is 5.69. The topological polar surface area (TPSA) is 63.6 Å². The number of hydrogen-bond donors (Lipinski definition) is 1. The molecule has 0 saturated carbocycles. The minimum absolute atomic E-state index is 0.127. The van der Waals surface area contributed by atoms with Crippen LogP contribution in [0.4, 0.5) is 0 Å². The molecule has 1 aromatic carbocycles. The summed E-state index contributed by atoms with van der Waals surface area (Å²) in [5.41, 5.74) is 1.49. The van der Waals surface area contributed by atoms with Gasteiger partial charge < -0.3 is 9.84 Å². The molecular weight excluding hydrogens is 244 g/mol. The van der Waals surface area contributed by atoms with Crippen LogP contribution in [0.2, 0.25) is 0 Å². The summed E-state index contributed by atoms with van der Waals surface area (Å²) in [4.78, 5) is 23.3. The lowest BCUT2D eigenvalue weighted by Gasteiger charge is -2.22. The van der Waals surface area contributed by atoms with Gasteiger partial charge in [0.15, 0.2) is 5.41 Å². The zero-order valence-corrected chi connectivity index (χ0v) is 11.8. The quantitative estimate of drug-likeness (QED) is 0.655. The van der Waals surface area contributed by atoms with Crippen molar-refractivity contribution in [3.05, 3.63) is 34.9 Å². The van der Waals surface area contributed by atoms with Crippen LogP contribution in [0.25, 0.3) is 0 Å². The standard InChI is InChI=1S/C15H20O4/c1-5-19-14(18)15(4,13(16)17)9-12-7-6-10(2)11(3)8-12/h6-8H,5,9H2,1-4H3,(H,16,17). The van der Waals surface area contributed by atoms with Crippen LogP contribution in [0.15, 0.2) is 18.2 Å². The molecule has 4 heteroatoms. The van der Waals surface area contributed by atoms with E-state index >= 15 is 0 Å². The van der Waals surface area contributed by atoms with E-state index in [-0.39, 0.29) is 13.0 Å². The number of carbonyl (C=O) groups excluding carboxylic acids is 1. The summed E-state index contributed by atoms with van der Waals surface area (Å²) in [5, 5.41) is 9.31. The first-order valence-electron chi connectivity index (χ1n) is 6.28. The number of aliphatic carboxylic acids is 1. The summed E-state index contributed by atoms with van der Waals surface area (Å²) < 4.78 is 4.87. The van der Waals surface area contributed by atoms with Crippen LogP contribution in [0.1, 0.15) is 30.5 Å². The van der Waals surface area contributed by atoms with E-state index in [0.717, 1.165) is 16.7 Å². The lowest BCUT2D eigenvalue weighted by Crippen LogP contribution is -2.40. The molecule has 0 aromatic heterocycles. The minimum Gasteiger partial charge on any atom is -0.480 e. The van der Waals surface area contributed by atoms with E-state index in [4.69, 9.17) is 4.74 Å². The number of hydrogen-bond acceptors (Lipinski definition) is 3. The van der Waals surface area contributed by atoms with Crippen LogP contribution in [0, 0.1) is 19.3 Å². The Labute approximate surface area is 113 Å². The van der Waals surface area contributed by atoms with E-state index in [1.807, 2.05) is 32.0 Å². The number of carboxylic acid groups (broad SMARTS) is 1. The molecule has 1 unspecified atom stereocenters. The SMILES string of the molecule is CCOC(=O)C(C)(Cc1ccc(C)c(C)c1)C(=O)O. The lowest BCUT2D eigenvalue weighted by molar-refractivity contribution is -0.167. The fourth-order valence-electron chi connectivity index (χ4n) is 1.85. The van der Waals surface area contributed by atoms with E-state index in [2.05, 4.69) is 0 Å². The molecule has 0 fully saturated rings. The lowest BCUT2D eigenvalue weighted by atomic mass is 9.83. The largest absolute Gasteiger partial charge is 0.480 e. The van der Waals surface area contributed by atoms with Crippen molar-refractivity contribution in [1.82, 2.24) is 0 Å². The number of aryl methyl sites for hydroxylation is 2. The first-order chi connectivity index (χ1) is 8.81. The van der Waals surface area contributed by atoms with Gasteiger partial charge in [-0.2, -0.15) is 0 Å². The Bertz CT molecular complexity index is 493. The van der Waals surface area contributed by atoms with Gasteiger partial charge in [-0.15, -0.1) is 0 Å². The van der Waals surface area contributed by atoms with Crippen molar-refractivity contribution in [2.45, 2.75) is 34.1 Å². The summed E-state index contributed by atoms with van der Waals surface area (Å²) in [7, 11) is 0. The van der Waals surface area contributed by atoms with Crippen LogP contribution < -0.4 is 0 Å². The molecule has 0 spiro atoms. The Morgan fingerprint density at radius 3 is 2.37 bits per heavy atom. The Kier molecular flexibility index (Phi) is 4.70. The third-order valence-corrected chi connectivity index (χ3v) is 3.33. The number of esters is 1. The number of benzene rings is 1. The summed E-state index contributed by atoms with van der Waals surface area (Å²) in [5.74, 6) is -1.86. The zero-order chi connectivity index (χ0) is 14.6. The molecule has 0 aliphatic rings. The van der Waals surface area contributed by atoms with Gasteiger partial charge in [0, 0.05) is 0 Å². The van der Waals surface area contributed by atoms with Gasteiger partial charge >= 0.3 is 11.9 Å². The van der Waals surface area contributed by atoms with Crippen LogP contribution in [-0.2, 0) is 20.7 Å². The molecule has 4 nitrogen and oxygen atoms in total. The third kappa shape index (κ3) is 3.34. The zero-order valence-electron chi connectivity index (χ0n) is 11.8. The van der Waals surface area contributed by atoms with Gasteiger partial charge in [-0.1, -0.05) is 18.2 Å². The highest BCUT2D eigenvalue weighted by Gasteiger charge is 2.43. The first kappa shape index (κ1) is 15.2. The summed E-state index contributed by atoms with van der Waals surface area (Å²) in [6.45, 7) is 7.19. The smallest absolute Gasteiger partial charge is 0.323 e. The van der Waals surface area contributed by atoms with Crippen molar-refractivity contribution >= 4 is 11.9 Å². The average Bonchev–Trinajstić information content (AvgIpc) is 2.33. The predicted octanol–water partition coefficient (Wildman–Crippen LogP) is 2.50. The van der Waals surface area contributed by atoms with Crippen molar-refractivity contribution in [2.75, 3.05) is 6.61 Å². The molecule has 1 N–H and O–H groups in total. The molecule has 0 saturated heterocycles. The van der Waals surface area contributed by atoms with Gasteiger partial charge in [0.25, 0.3) is 0 Å². The van der Waals surface area contributed by atoms with Crippen molar-refractivity contribution in [2.24, 2.45) is 5.41 Å². The van der Waals surface area contributed by atoms with Gasteiger partial charge in [-0.25, -0.2) is 0 Å². The van der Waals surface area contributed by atoms with Crippen LogP contribution >= 0.6 is 0 Å². The third-order valence-electron chi connectivity index (χ3n) is 3.33. The normalized spacial score (nSPS) is 13.7. The second-order valence-corrected chi connectivity index (χ2v) is 4.95. The molecule has 19 heavy (non-hydrogen) atoms. The van der Waals surface area contributed by atoms with E-state index < -0.39 is 17.4 Å². The molecular formula is C15H20O4. The van der Waals surface area contributed by atoms with E-state index in [9.17, 15) is 14.7 Å². The molecule has 0 radical (unpaired) electrons. The number of rotatable bonds is 5. The van der Waals surface area contributed by atoms with Crippen molar-refractivity contribution in [1.29, 1.82) is 0 Å². The van der Waals surface area contributed by atoms with Crippen LogP contribution in [-0.4, -0.2) is 23.7 Å². The van der Waals surface area contributed by atoms with E-state index in [0.29, 0.717) is 0 Å². The minimum atomic E-state index is -1.54. The Morgan fingerprint density at radius 1 is 1.26 bits per heavy atom. The van der Waals surface area contributed by atoms with Crippen molar-refractivity contribution in [3.8, 4) is 0 Å². The molecule has 0 aliphatic heterocycles. The number of carbonyl (C=O) groups is 2. The molecule has 0 bridgehead atoms. The fourth-order valence-corrected chi connectivity index (χ4v) is 1.85. The Morgan fingerprint density at radius 2 is 1.89 bits per heavy atom. The highest BCUT2D eigenvalue weighted by molar-refractivity contribution is 5.99. The molecule has 0 heterocycles. The maximum Gasteiger partial charge on any atom is 0.323 e. The van der Waals surface area contributed by atoms with Gasteiger partial charge in [-0.05, 0) is 50.8 Å². The average molecular weight is 264 g/mol. The summed E-state index contributed by atoms with van der Waals surface area (Å²) >= 11 is 0. The monoisotopic (exact) mass is 264 g/mol. The highest BCUT2D eigenvalue weighted by atomic mass is 16.5. The van der Waals surface area contributed by atoms with Gasteiger partial charge in [0.05, 0.1) is 6.61 Å². The molecule has 1 rings (SSSR count). The maximum absolute atomic E-state index is 11.9. The summed E-state index contributed by atoms with van der Waals surface area (Å²) in [6.07, 6.45) is 0.127. The van der Waals surface area contributed by atoms with Crippen LogP contribution in [0.5, 0.6) is 0 Å². The molecule has 0 aliphatic carbocycles. The Balaban J connectivity index is 3.04. The van der Waals surface area contributed by atoms with E-state index in [1.165, 1.54) is 6.92 Å². The van der Waals surface area contributed by atoms with Gasteiger partial charge in [-0.3, -0.25) is 9.59 Å². The highest BCUT2D eigenvalue weighted by Crippen LogP contribution is 2.26.